The van der Waals surface area contributed by atoms with Gasteiger partial charge in [-0.15, -0.1) is 34.5 Å². The van der Waals surface area contributed by atoms with Gasteiger partial charge >= 0.3 is 41.9 Å². The van der Waals surface area contributed by atoms with Crippen LogP contribution in [0.1, 0.15) is 0 Å². The number of halogens is 3. The summed E-state index contributed by atoms with van der Waals surface area (Å²) in [6, 6.07) is 35.9. The maximum atomic E-state index is 3.64. The first-order valence-corrected chi connectivity index (χ1v) is 16.6. The van der Waals surface area contributed by atoms with Crippen molar-refractivity contribution in [1.29, 1.82) is 0 Å². The maximum Gasteiger partial charge on any atom is -0.172 e. The van der Waals surface area contributed by atoms with Crippen LogP contribution >= 0.6 is 15.9 Å². The Morgan fingerprint density at radius 3 is 2.00 bits per heavy atom. The van der Waals surface area contributed by atoms with Crippen LogP contribution in [-0.2, 0) is 23.3 Å². The number of fused-ring (bicyclic) bond motifs is 2. The number of benzene rings is 3. The van der Waals surface area contributed by atoms with Crippen molar-refractivity contribution in [3.05, 3.63) is 108 Å². The summed E-state index contributed by atoms with van der Waals surface area (Å²) < 4.78 is 1.15. The molecule has 0 aliphatic carbocycles. The van der Waals surface area contributed by atoms with Gasteiger partial charge in [0.05, 0.1) is 0 Å². The van der Waals surface area contributed by atoms with E-state index in [2.05, 4.69) is 102 Å². The Bertz CT molecular complexity index is 1160. The Labute approximate surface area is 221 Å². The third kappa shape index (κ3) is 8.15. The smallest absolute Gasteiger partial charge is 0.172 e. The molecule has 0 N–H and O–H groups in total. The molecule has 0 saturated carbocycles. The average molecular weight is 606 g/mol. The fourth-order valence-electron chi connectivity index (χ4n) is 3.15. The summed E-state index contributed by atoms with van der Waals surface area (Å²) in [5.74, 6) is 0. The predicted octanol–water partition coefficient (Wildman–Crippen LogP) is 2.34. The number of hydrogen-bond acceptors (Lipinski definition) is 0. The summed E-state index contributed by atoms with van der Waals surface area (Å²) in [6.45, 7) is 4.62. The topological polar surface area (TPSA) is 0 Å². The summed E-state index contributed by atoms with van der Waals surface area (Å²) in [5.41, 5.74) is 2.79. The van der Waals surface area contributed by atoms with Crippen LogP contribution in [0.4, 0.5) is 0 Å². The normalized spacial score (nSPS) is 9.45. The van der Waals surface area contributed by atoms with Crippen molar-refractivity contribution in [2.45, 2.75) is 13.1 Å². The first-order valence-electron chi connectivity index (χ1n) is 9.58. The minimum absolute atomic E-state index is 0. The Kier molecular flexibility index (Phi) is 12.9. The van der Waals surface area contributed by atoms with Crippen LogP contribution in [0.15, 0.2) is 108 Å². The molecule has 0 aromatic heterocycles. The zero-order chi connectivity index (χ0) is 20.6. The first kappa shape index (κ1) is 28.1. The van der Waals surface area contributed by atoms with Gasteiger partial charge < -0.3 is 24.8 Å². The molecule has 158 valence electrons. The molecule has 0 aliphatic rings. The molecule has 0 radical (unpaired) electrons. The van der Waals surface area contributed by atoms with E-state index in [1.54, 1.807) is 23.3 Å². The molecule has 0 heterocycles. The van der Waals surface area contributed by atoms with Crippen molar-refractivity contribution in [2.24, 2.45) is 0 Å². The molecule has 0 saturated heterocycles. The van der Waals surface area contributed by atoms with Crippen LogP contribution < -0.4 is 24.8 Å². The van der Waals surface area contributed by atoms with E-state index in [9.17, 15) is 0 Å². The summed E-state index contributed by atoms with van der Waals surface area (Å²) in [5, 5.41) is 5.15. The van der Waals surface area contributed by atoms with E-state index in [0.29, 0.717) is 0 Å². The summed E-state index contributed by atoms with van der Waals surface area (Å²) in [7, 11) is 0. The van der Waals surface area contributed by atoms with E-state index in [0.717, 1.165) is 4.47 Å². The number of rotatable bonds is 1. The molecule has 0 fully saturated rings. The molecule has 0 amide bonds. The molecule has 0 aliphatic heterocycles. The molecule has 0 bridgehead atoms. The van der Waals surface area contributed by atoms with Crippen LogP contribution in [-0.4, -0.2) is 5.43 Å². The Morgan fingerprint density at radius 2 is 1.39 bits per heavy atom. The van der Waals surface area contributed by atoms with Gasteiger partial charge in [0.2, 0.25) is 0 Å². The summed E-state index contributed by atoms with van der Waals surface area (Å²) >= 11 is 5.38. The Morgan fingerprint density at radius 1 is 0.774 bits per heavy atom. The van der Waals surface area contributed by atoms with Crippen LogP contribution in [0.25, 0.3) is 32.7 Å². The van der Waals surface area contributed by atoms with Gasteiger partial charge in [0, 0.05) is 4.47 Å². The minimum atomic E-state index is 0. The molecular formula is C26H23BrCl2SiZr-2. The largest absolute Gasteiger partial charge is 1.00 e. The monoisotopic (exact) mass is 602 g/mol. The molecule has 0 spiro atoms. The fourth-order valence-corrected chi connectivity index (χ4v) is 3.65. The molecule has 5 heteroatoms. The van der Waals surface area contributed by atoms with Gasteiger partial charge in [-0.1, -0.05) is 70.0 Å². The van der Waals surface area contributed by atoms with Crippen molar-refractivity contribution in [2.75, 3.05) is 0 Å². The zero-order valence-corrected chi connectivity index (χ0v) is 24.0. The molecule has 5 aromatic carbocycles. The Balaban J connectivity index is 0.000000371. The van der Waals surface area contributed by atoms with Crippen LogP contribution in [0, 0.1) is 0 Å². The van der Waals surface area contributed by atoms with Gasteiger partial charge in [0.25, 0.3) is 0 Å². The molecule has 0 nitrogen and oxygen atoms in total. The van der Waals surface area contributed by atoms with Gasteiger partial charge in [0.1, 0.15) is 0 Å². The molecular weight excluding hydrogens is 582 g/mol. The van der Waals surface area contributed by atoms with Gasteiger partial charge in [-0.05, 0) is 16.8 Å². The van der Waals surface area contributed by atoms with E-state index < -0.39 is 0 Å². The minimum Gasteiger partial charge on any atom is -1.00 e. The predicted molar refractivity (Wildman–Crippen MR) is 130 cm³/mol. The second-order valence-corrected chi connectivity index (χ2v) is 17.2. The van der Waals surface area contributed by atoms with E-state index >= 15 is 0 Å². The van der Waals surface area contributed by atoms with Crippen LogP contribution in [0.5, 0.6) is 0 Å². The number of hydrogen-bond donors (Lipinski definition) is 0. The Hall–Kier alpha value is -0.960. The molecule has 0 atom stereocenters. The van der Waals surface area contributed by atoms with E-state index in [1.807, 2.05) is 30.3 Å². The average Bonchev–Trinajstić information content (AvgIpc) is 3.40. The summed E-state index contributed by atoms with van der Waals surface area (Å²) in [6.07, 6.45) is 0. The standard InChI is InChI=1S/C19H12Br.C5H5.C2H6Si.2ClH.Zr/c20-19-10-4-8-17-16(7-3-9-18(17)19)15-11-13-5-1-2-6-14(13)12-15;1-2-4-5-3-1;1-3-2;;;/h1-12H;1-5H;1-2H3;2*1H;/q2*-1;;;;+2/p-2. The van der Waals surface area contributed by atoms with Crippen molar-refractivity contribution in [3.8, 4) is 11.1 Å². The quantitative estimate of drug-likeness (QED) is 0.204. The van der Waals surface area contributed by atoms with Gasteiger partial charge in [-0.2, -0.15) is 18.2 Å². The van der Waals surface area contributed by atoms with Crippen LogP contribution in [0.2, 0.25) is 13.1 Å². The van der Waals surface area contributed by atoms with Crippen LogP contribution in [0.3, 0.4) is 0 Å². The second-order valence-electron chi connectivity index (χ2n) is 6.98. The third-order valence-corrected chi connectivity index (χ3v) is 5.04. The maximum absolute atomic E-state index is 3.64. The van der Waals surface area contributed by atoms with E-state index in [4.69, 9.17) is 0 Å². The third-order valence-electron chi connectivity index (χ3n) is 4.35. The van der Waals surface area contributed by atoms with E-state index in [1.165, 1.54) is 32.7 Å². The summed E-state index contributed by atoms with van der Waals surface area (Å²) in [4.78, 5) is 0. The fraction of sp³-hybridized carbons (Fsp3) is 0.0769. The molecule has 5 rings (SSSR count). The van der Waals surface area contributed by atoms with Crippen molar-refractivity contribution < 1.29 is 48.1 Å². The first-order chi connectivity index (χ1) is 14.1. The SMILES string of the molecule is Brc1cccc2c(-c3cc4ccccc4[cH-]3)cccc12.C[Si](C)=[Zr+2].[Cl-].[Cl-].c1cc[cH-]c1. The molecule has 31 heavy (non-hydrogen) atoms. The molecule has 5 aromatic rings. The van der Waals surface area contributed by atoms with E-state index in [-0.39, 0.29) is 30.2 Å². The van der Waals surface area contributed by atoms with Crippen molar-refractivity contribution in [1.82, 2.24) is 0 Å². The molecule has 0 unspecified atom stereocenters. The van der Waals surface area contributed by atoms with Crippen molar-refractivity contribution in [3.63, 3.8) is 0 Å². The second kappa shape index (κ2) is 14.2. The van der Waals surface area contributed by atoms with Gasteiger partial charge in [0.15, 0.2) is 0 Å². The van der Waals surface area contributed by atoms with Gasteiger partial charge in [-0.3, -0.25) is 0 Å². The van der Waals surface area contributed by atoms with Gasteiger partial charge in [-0.25, -0.2) is 12.1 Å². The van der Waals surface area contributed by atoms with Crippen molar-refractivity contribution >= 4 is 42.9 Å². The zero-order valence-electron chi connectivity index (χ0n) is 17.4.